The molecule has 0 aromatic heterocycles. The molecule has 2 atom stereocenters. The van der Waals surface area contributed by atoms with Gasteiger partial charge in [-0.1, -0.05) is 46.9 Å². The van der Waals surface area contributed by atoms with Crippen molar-refractivity contribution in [1.29, 1.82) is 0 Å². The quantitative estimate of drug-likeness (QED) is 0.483. The number of ether oxygens (including phenoxy) is 1. The van der Waals surface area contributed by atoms with Crippen LogP contribution in [0.1, 0.15) is 35.4 Å². The van der Waals surface area contributed by atoms with E-state index in [1.165, 1.54) is 0 Å². The van der Waals surface area contributed by atoms with E-state index < -0.39 is 6.23 Å². The molecular weight excluding hydrogens is 431 g/mol. The van der Waals surface area contributed by atoms with Crippen molar-refractivity contribution in [2.75, 3.05) is 0 Å². The molecule has 1 N–H and O–H groups in total. The highest BCUT2D eigenvalue weighted by atomic mass is 35.5. The Hall–Kier alpha value is -2.40. The van der Waals surface area contributed by atoms with Crippen molar-refractivity contribution in [2.24, 2.45) is 5.10 Å². The van der Waals surface area contributed by atoms with Crippen LogP contribution in [0, 0.1) is 0 Å². The molecule has 0 saturated heterocycles. The lowest BCUT2D eigenvalue weighted by atomic mass is 9.96. The average molecular weight is 446 g/mol. The standard InChI is InChI=1S/C22H15Cl3N2O2/c23-13-3-1-12(2-4-13)18-11-19-16-9-15(25)6-8-21(16)29-22(27(19)26-18)17-10-14(24)5-7-20(17)28/h1-10,19,22,28H,11H2/t19-,22-/m1/s1. The van der Waals surface area contributed by atoms with Crippen LogP contribution in [-0.2, 0) is 0 Å². The average Bonchev–Trinajstić information content (AvgIpc) is 3.16. The van der Waals surface area contributed by atoms with E-state index in [1.807, 2.05) is 41.4 Å². The van der Waals surface area contributed by atoms with Crippen molar-refractivity contribution in [2.45, 2.75) is 18.7 Å². The maximum Gasteiger partial charge on any atom is 0.217 e. The number of halogens is 3. The summed E-state index contributed by atoms with van der Waals surface area (Å²) in [6.45, 7) is 0. The Morgan fingerprint density at radius 3 is 2.28 bits per heavy atom. The normalized spacial score (nSPS) is 20.0. The number of phenolic OH excluding ortho intramolecular Hbond substituents is 1. The van der Waals surface area contributed by atoms with E-state index in [0.717, 1.165) is 16.8 Å². The third kappa shape index (κ3) is 3.31. The van der Waals surface area contributed by atoms with Gasteiger partial charge in [-0.05, 0) is 54.1 Å². The van der Waals surface area contributed by atoms with Crippen molar-refractivity contribution in [1.82, 2.24) is 5.01 Å². The molecule has 5 rings (SSSR count). The summed E-state index contributed by atoms with van der Waals surface area (Å²) >= 11 is 18.5. The van der Waals surface area contributed by atoms with Gasteiger partial charge in [0.25, 0.3) is 0 Å². The topological polar surface area (TPSA) is 45.1 Å². The zero-order chi connectivity index (χ0) is 20.1. The number of hydrogen-bond acceptors (Lipinski definition) is 4. The van der Waals surface area contributed by atoms with Crippen LogP contribution in [0.4, 0.5) is 0 Å². The van der Waals surface area contributed by atoms with Gasteiger partial charge in [-0.3, -0.25) is 0 Å². The van der Waals surface area contributed by atoms with Crippen LogP contribution >= 0.6 is 34.8 Å². The number of aromatic hydroxyl groups is 1. The molecule has 0 spiro atoms. The van der Waals surface area contributed by atoms with Gasteiger partial charge in [0, 0.05) is 27.1 Å². The molecule has 7 heteroatoms. The highest BCUT2D eigenvalue weighted by Crippen LogP contribution is 2.49. The summed E-state index contributed by atoms with van der Waals surface area (Å²) in [6, 6.07) is 18.0. The molecule has 3 aromatic carbocycles. The second-order valence-electron chi connectivity index (χ2n) is 7.01. The molecule has 2 aliphatic rings. The molecule has 0 saturated carbocycles. The number of fused-ring (bicyclic) bond motifs is 3. The predicted molar refractivity (Wildman–Crippen MR) is 115 cm³/mol. The van der Waals surface area contributed by atoms with Crippen molar-refractivity contribution in [3.8, 4) is 11.5 Å². The minimum atomic E-state index is -0.614. The summed E-state index contributed by atoms with van der Waals surface area (Å²) in [5, 5.41) is 19.0. The molecule has 0 unspecified atom stereocenters. The Balaban J connectivity index is 1.63. The fourth-order valence-corrected chi connectivity index (χ4v) is 4.29. The van der Waals surface area contributed by atoms with Gasteiger partial charge in [-0.2, -0.15) is 5.10 Å². The van der Waals surface area contributed by atoms with E-state index in [9.17, 15) is 5.11 Å². The summed E-state index contributed by atoms with van der Waals surface area (Å²) < 4.78 is 6.25. The first-order valence-corrected chi connectivity index (χ1v) is 10.2. The van der Waals surface area contributed by atoms with Crippen LogP contribution in [0.15, 0.2) is 65.8 Å². The molecule has 0 fully saturated rings. The van der Waals surface area contributed by atoms with Gasteiger partial charge in [0.2, 0.25) is 6.23 Å². The van der Waals surface area contributed by atoms with Gasteiger partial charge in [-0.25, -0.2) is 5.01 Å². The first-order valence-electron chi connectivity index (χ1n) is 9.06. The van der Waals surface area contributed by atoms with Gasteiger partial charge in [-0.15, -0.1) is 0 Å². The Morgan fingerprint density at radius 2 is 1.52 bits per heavy atom. The van der Waals surface area contributed by atoms with E-state index in [1.54, 1.807) is 24.3 Å². The van der Waals surface area contributed by atoms with E-state index in [4.69, 9.17) is 44.6 Å². The molecule has 4 nitrogen and oxygen atoms in total. The molecule has 0 aliphatic carbocycles. The van der Waals surface area contributed by atoms with Crippen LogP contribution in [0.5, 0.6) is 11.5 Å². The van der Waals surface area contributed by atoms with Crippen LogP contribution in [-0.4, -0.2) is 15.8 Å². The molecule has 0 radical (unpaired) electrons. The molecule has 3 aromatic rings. The van der Waals surface area contributed by atoms with Crippen LogP contribution in [0.25, 0.3) is 0 Å². The summed E-state index contributed by atoms with van der Waals surface area (Å²) in [6.07, 6.45) is 0.0630. The van der Waals surface area contributed by atoms with Crippen LogP contribution < -0.4 is 4.74 Å². The highest BCUT2D eigenvalue weighted by molar-refractivity contribution is 6.31. The second kappa shape index (κ2) is 7.13. The third-order valence-corrected chi connectivity index (χ3v) is 5.91. The minimum Gasteiger partial charge on any atom is -0.507 e. The molecule has 0 bridgehead atoms. The maximum atomic E-state index is 10.5. The Kier molecular flexibility index (Phi) is 4.58. The molecule has 146 valence electrons. The molecule has 2 aliphatic heterocycles. The van der Waals surface area contributed by atoms with Gasteiger partial charge in [0.05, 0.1) is 17.3 Å². The first-order chi connectivity index (χ1) is 14.0. The van der Waals surface area contributed by atoms with Gasteiger partial charge in [0.15, 0.2) is 0 Å². The number of rotatable bonds is 2. The molecular formula is C22H15Cl3N2O2. The fraction of sp³-hybridized carbons (Fsp3) is 0.136. The molecule has 0 amide bonds. The number of hydrogen-bond donors (Lipinski definition) is 1. The van der Waals surface area contributed by atoms with E-state index >= 15 is 0 Å². The lowest BCUT2D eigenvalue weighted by molar-refractivity contribution is -0.0203. The minimum absolute atomic E-state index is 0.0773. The zero-order valence-corrected chi connectivity index (χ0v) is 17.3. The lowest BCUT2D eigenvalue weighted by Crippen LogP contribution is -2.33. The van der Waals surface area contributed by atoms with Gasteiger partial charge >= 0.3 is 0 Å². The van der Waals surface area contributed by atoms with E-state index in [0.29, 0.717) is 32.8 Å². The van der Waals surface area contributed by atoms with Gasteiger partial charge in [0.1, 0.15) is 11.5 Å². The Bertz CT molecular complexity index is 1130. The van der Waals surface area contributed by atoms with Crippen molar-refractivity contribution in [3.63, 3.8) is 0 Å². The summed E-state index contributed by atoms with van der Waals surface area (Å²) in [7, 11) is 0. The van der Waals surface area contributed by atoms with Crippen molar-refractivity contribution >= 4 is 40.5 Å². The Labute approximate surface area is 182 Å². The summed E-state index contributed by atoms with van der Waals surface area (Å²) in [5.41, 5.74) is 3.42. The number of benzene rings is 3. The molecule has 2 heterocycles. The second-order valence-corrected chi connectivity index (χ2v) is 8.32. The van der Waals surface area contributed by atoms with Crippen molar-refractivity contribution < 1.29 is 9.84 Å². The van der Waals surface area contributed by atoms with E-state index in [-0.39, 0.29) is 11.8 Å². The maximum absolute atomic E-state index is 10.5. The first kappa shape index (κ1) is 18.6. The fourth-order valence-electron chi connectivity index (χ4n) is 3.80. The molecule has 29 heavy (non-hydrogen) atoms. The number of phenols is 1. The van der Waals surface area contributed by atoms with E-state index in [2.05, 4.69) is 0 Å². The van der Waals surface area contributed by atoms with Crippen LogP contribution in [0.3, 0.4) is 0 Å². The summed E-state index contributed by atoms with van der Waals surface area (Å²) in [5.74, 6) is 0.818. The number of hydrazone groups is 1. The van der Waals surface area contributed by atoms with Crippen LogP contribution in [0.2, 0.25) is 15.1 Å². The predicted octanol–water partition coefficient (Wildman–Crippen LogP) is 6.59. The third-order valence-electron chi connectivity index (χ3n) is 5.18. The Morgan fingerprint density at radius 1 is 0.862 bits per heavy atom. The highest BCUT2D eigenvalue weighted by Gasteiger charge is 2.42. The summed E-state index contributed by atoms with van der Waals surface area (Å²) in [4.78, 5) is 0. The van der Waals surface area contributed by atoms with Gasteiger partial charge < -0.3 is 9.84 Å². The number of nitrogens with zero attached hydrogens (tertiary/aromatic N) is 2. The monoisotopic (exact) mass is 444 g/mol. The lowest BCUT2D eigenvalue weighted by Gasteiger charge is -2.38. The zero-order valence-electron chi connectivity index (χ0n) is 15.0. The largest absolute Gasteiger partial charge is 0.507 e. The SMILES string of the molecule is Oc1ccc(Cl)cc1[C@H]1Oc2ccc(Cl)cc2[C@H]2CC(c3ccc(Cl)cc3)=NN21. The van der Waals surface area contributed by atoms with Crippen molar-refractivity contribution in [3.05, 3.63) is 92.4 Å². The smallest absolute Gasteiger partial charge is 0.217 e.